The number of ether oxygens (including phenoxy) is 2. The number of halogens is 1. The number of rotatable bonds is 2. The van der Waals surface area contributed by atoms with Gasteiger partial charge in [-0.1, -0.05) is 0 Å². The predicted octanol–water partition coefficient (Wildman–Crippen LogP) is 1.26. The Hall–Kier alpha value is -1.99. The van der Waals surface area contributed by atoms with Gasteiger partial charge >= 0.3 is 0 Å². The van der Waals surface area contributed by atoms with Crippen molar-refractivity contribution >= 4 is 24.2 Å². The molecule has 2 amide bonds. The van der Waals surface area contributed by atoms with Crippen LogP contribution in [-0.4, -0.2) is 67.2 Å². The van der Waals surface area contributed by atoms with Gasteiger partial charge in [-0.25, -0.2) is 0 Å². The van der Waals surface area contributed by atoms with Crippen LogP contribution in [0.3, 0.4) is 0 Å². The normalized spacial score (nSPS) is 21.9. The molecule has 3 heterocycles. The highest BCUT2D eigenvalue weighted by Gasteiger charge is 2.37. The molecular formula is C18H24ClN3O4. The first-order valence-electron chi connectivity index (χ1n) is 8.94. The number of nitrogens with zero attached hydrogens (tertiary/aromatic N) is 2. The van der Waals surface area contributed by atoms with E-state index in [0.29, 0.717) is 30.2 Å². The van der Waals surface area contributed by atoms with E-state index < -0.39 is 0 Å². The summed E-state index contributed by atoms with van der Waals surface area (Å²) in [6.45, 7) is 4.02. The van der Waals surface area contributed by atoms with Crippen LogP contribution in [0.25, 0.3) is 0 Å². The fourth-order valence-corrected chi connectivity index (χ4v) is 3.74. The maximum absolute atomic E-state index is 13.0. The Balaban J connectivity index is 0.00000196. The molecule has 2 saturated heterocycles. The molecule has 1 aromatic rings. The number of nitrogens with one attached hydrogen (secondary N) is 1. The van der Waals surface area contributed by atoms with Gasteiger partial charge in [-0.3, -0.25) is 9.59 Å². The SMILES string of the molecule is Cl.O=C(C1CCCN1C(=O)c1ccc2c(c1)OCO2)N1CCCNCC1. The highest BCUT2D eigenvalue weighted by Crippen LogP contribution is 2.33. The van der Waals surface area contributed by atoms with Gasteiger partial charge in [0.25, 0.3) is 5.91 Å². The Morgan fingerprint density at radius 3 is 2.77 bits per heavy atom. The average molecular weight is 382 g/mol. The second-order valence-corrected chi connectivity index (χ2v) is 6.65. The minimum absolute atomic E-state index is 0. The zero-order valence-corrected chi connectivity index (χ0v) is 15.4. The largest absolute Gasteiger partial charge is 0.454 e. The van der Waals surface area contributed by atoms with E-state index in [1.54, 1.807) is 23.1 Å². The number of hydrogen-bond donors (Lipinski definition) is 1. The quantitative estimate of drug-likeness (QED) is 0.835. The lowest BCUT2D eigenvalue weighted by Crippen LogP contribution is -2.48. The van der Waals surface area contributed by atoms with Crippen molar-refractivity contribution < 1.29 is 19.1 Å². The van der Waals surface area contributed by atoms with Crippen molar-refractivity contribution in [1.82, 2.24) is 15.1 Å². The van der Waals surface area contributed by atoms with Crippen LogP contribution in [0, 0.1) is 0 Å². The summed E-state index contributed by atoms with van der Waals surface area (Å²) in [4.78, 5) is 29.5. The molecule has 0 radical (unpaired) electrons. The fraction of sp³-hybridized carbons (Fsp3) is 0.556. The number of carbonyl (C=O) groups excluding carboxylic acids is 2. The van der Waals surface area contributed by atoms with E-state index >= 15 is 0 Å². The summed E-state index contributed by atoms with van der Waals surface area (Å²) in [6, 6.07) is 4.85. The van der Waals surface area contributed by atoms with Crippen molar-refractivity contribution in [1.29, 1.82) is 0 Å². The Kier molecular flexibility index (Phi) is 5.88. The van der Waals surface area contributed by atoms with Crippen LogP contribution in [0.2, 0.25) is 0 Å². The molecule has 8 heteroatoms. The first-order valence-corrected chi connectivity index (χ1v) is 8.94. The number of fused-ring (bicyclic) bond motifs is 1. The predicted molar refractivity (Wildman–Crippen MR) is 97.9 cm³/mol. The summed E-state index contributed by atoms with van der Waals surface area (Å²) < 4.78 is 10.7. The Morgan fingerprint density at radius 2 is 1.88 bits per heavy atom. The van der Waals surface area contributed by atoms with E-state index in [1.165, 1.54) is 0 Å². The molecule has 1 atom stereocenters. The molecule has 0 bridgehead atoms. The van der Waals surface area contributed by atoms with Gasteiger partial charge in [0.1, 0.15) is 6.04 Å². The highest BCUT2D eigenvalue weighted by molar-refractivity contribution is 5.98. The summed E-state index contributed by atoms with van der Waals surface area (Å²) in [5.41, 5.74) is 0.543. The van der Waals surface area contributed by atoms with Crippen LogP contribution in [0.5, 0.6) is 11.5 Å². The Morgan fingerprint density at radius 1 is 1.04 bits per heavy atom. The van der Waals surface area contributed by atoms with Crippen molar-refractivity contribution in [2.24, 2.45) is 0 Å². The fourth-order valence-electron chi connectivity index (χ4n) is 3.74. The maximum Gasteiger partial charge on any atom is 0.254 e. The monoisotopic (exact) mass is 381 g/mol. The van der Waals surface area contributed by atoms with Crippen molar-refractivity contribution in [3.8, 4) is 11.5 Å². The summed E-state index contributed by atoms with van der Waals surface area (Å²) >= 11 is 0. The molecular weight excluding hydrogens is 358 g/mol. The molecule has 1 unspecified atom stereocenters. The zero-order chi connectivity index (χ0) is 17.2. The van der Waals surface area contributed by atoms with Crippen LogP contribution in [0.1, 0.15) is 29.6 Å². The highest BCUT2D eigenvalue weighted by atomic mass is 35.5. The van der Waals surface area contributed by atoms with E-state index in [4.69, 9.17) is 9.47 Å². The van der Waals surface area contributed by atoms with E-state index in [2.05, 4.69) is 5.32 Å². The molecule has 7 nitrogen and oxygen atoms in total. The minimum Gasteiger partial charge on any atom is -0.454 e. The van der Waals surface area contributed by atoms with Gasteiger partial charge in [0.05, 0.1) is 0 Å². The third-order valence-electron chi connectivity index (χ3n) is 5.07. The minimum atomic E-state index is -0.351. The second-order valence-electron chi connectivity index (χ2n) is 6.65. The molecule has 142 valence electrons. The smallest absolute Gasteiger partial charge is 0.254 e. The van der Waals surface area contributed by atoms with Crippen LogP contribution in [0.4, 0.5) is 0 Å². The molecule has 3 aliphatic rings. The van der Waals surface area contributed by atoms with Crippen molar-refractivity contribution in [2.75, 3.05) is 39.5 Å². The molecule has 3 aliphatic heterocycles. The topological polar surface area (TPSA) is 71.1 Å². The first-order chi connectivity index (χ1) is 12.2. The van der Waals surface area contributed by atoms with E-state index in [1.807, 2.05) is 4.90 Å². The molecule has 2 fully saturated rings. The number of hydrogen-bond acceptors (Lipinski definition) is 5. The number of benzene rings is 1. The standard InChI is InChI=1S/C18H23N3O4.ClH/c22-17(13-4-5-15-16(11-13)25-12-24-15)21-9-1-3-14(21)18(23)20-8-2-6-19-7-10-20;/h4-5,11,14,19H,1-3,6-10,12H2;1H. The molecule has 0 spiro atoms. The van der Waals surface area contributed by atoms with Crippen LogP contribution in [0.15, 0.2) is 18.2 Å². The van der Waals surface area contributed by atoms with Crippen molar-refractivity contribution in [2.45, 2.75) is 25.3 Å². The Bertz CT molecular complexity index is 676. The number of carbonyl (C=O) groups is 2. The van der Waals surface area contributed by atoms with E-state index in [0.717, 1.165) is 38.9 Å². The van der Waals surface area contributed by atoms with Gasteiger partial charge in [-0.15, -0.1) is 12.4 Å². The second kappa shape index (κ2) is 8.14. The van der Waals surface area contributed by atoms with E-state index in [9.17, 15) is 9.59 Å². The third-order valence-corrected chi connectivity index (χ3v) is 5.07. The zero-order valence-electron chi connectivity index (χ0n) is 14.6. The molecule has 1 N–H and O–H groups in total. The van der Waals surface area contributed by atoms with Crippen LogP contribution >= 0.6 is 12.4 Å². The summed E-state index contributed by atoms with van der Waals surface area (Å²) in [5, 5.41) is 3.31. The van der Waals surface area contributed by atoms with Crippen LogP contribution in [-0.2, 0) is 4.79 Å². The lowest BCUT2D eigenvalue weighted by atomic mass is 10.1. The van der Waals surface area contributed by atoms with Gasteiger partial charge in [-0.2, -0.15) is 0 Å². The van der Waals surface area contributed by atoms with Gasteiger partial charge in [0.15, 0.2) is 11.5 Å². The molecule has 1 aromatic carbocycles. The Labute approximate surface area is 159 Å². The van der Waals surface area contributed by atoms with Crippen molar-refractivity contribution in [3.63, 3.8) is 0 Å². The summed E-state index contributed by atoms with van der Waals surface area (Å²) in [6.07, 6.45) is 2.55. The first kappa shape index (κ1) is 18.8. The molecule has 0 aromatic heterocycles. The molecule has 4 rings (SSSR count). The molecule has 0 aliphatic carbocycles. The van der Waals surface area contributed by atoms with E-state index in [-0.39, 0.29) is 37.1 Å². The van der Waals surface area contributed by atoms with Gasteiger partial charge in [0, 0.05) is 31.7 Å². The lowest BCUT2D eigenvalue weighted by molar-refractivity contribution is -0.135. The van der Waals surface area contributed by atoms with Crippen LogP contribution < -0.4 is 14.8 Å². The molecule has 26 heavy (non-hydrogen) atoms. The van der Waals surface area contributed by atoms with Crippen molar-refractivity contribution in [3.05, 3.63) is 23.8 Å². The van der Waals surface area contributed by atoms with Gasteiger partial charge in [0.2, 0.25) is 12.7 Å². The molecule has 0 saturated carbocycles. The average Bonchev–Trinajstić information content (AvgIpc) is 3.22. The third kappa shape index (κ3) is 3.59. The van der Waals surface area contributed by atoms with Gasteiger partial charge < -0.3 is 24.6 Å². The maximum atomic E-state index is 13.0. The lowest BCUT2D eigenvalue weighted by Gasteiger charge is -2.29. The number of amides is 2. The van der Waals surface area contributed by atoms with Gasteiger partial charge in [-0.05, 0) is 44.0 Å². The summed E-state index contributed by atoms with van der Waals surface area (Å²) in [7, 11) is 0. The number of likely N-dealkylation sites (tertiary alicyclic amines) is 1. The summed E-state index contributed by atoms with van der Waals surface area (Å²) in [5.74, 6) is 1.21.